The number of rotatable bonds is 9. The van der Waals surface area contributed by atoms with Gasteiger partial charge in [0.2, 0.25) is 0 Å². The molecule has 0 aliphatic carbocycles. The number of aryl methyl sites for hydroxylation is 1. The van der Waals surface area contributed by atoms with Crippen LogP contribution in [0, 0.1) is 6.92 Å². The Hall–Kier alpha value is -2.68. The van der Waals surface area contributed by atoms with Crippen molar-refractivity contribution in [1.29, 1.82) is 0 Å². The lowest BCUT2D eigenvalue weighted by molar-refractivity contribution is -0.329. The van der Waals surface area contributed by atoms with E-state index in [1.54, 1.807) is 11.8 Å². The van der Waals surface area contributed by atoms with Gasteiger partial charge in [-0.1, -0.05) is 114 Å². The van der Waals surface area contributed by atoms with Gasteiger partial charge in [-0.25, -0.2) is 0 Å². The Morgan fingerprint density at radius 1 is 0.732 bits per heavy atom. The number of hydrogen-bond donors (Lipinski definition) is 0. The Balaban J connectivity index is 1.30. The highest BCUT2D eigenvalue weighted by Crippen LogP contribution is 2.41. The van der Waals surface area contributed by atoms with E-state index in [9.17, 15) is 0 Å². The van der Waals surface area contributed by atoms with Gasteiger partial charge in [-0.2, -0.15) is 0 Å². The average Bonchev–Trinajstić information content (AvgIpc) is 3.01. The summed E-state index contributed by atoms with van der Waals surface area (Å²) >= 11 is 7.78. The van der Waals surface area contributed by atoms with Crippen molar-refractivity contribution in [3.63, 3.8) is 0 Å². The van der Waals surface area contributed by atoms with Gasteiger partial charge in [0, 0.05) is 15.5 Å². The zero-order valence-corrected chi connectivity index (χ0v) is 24.4. The van der Waals surface area contributed by atoms with Gasteiger partial charge in [-0.05, 0) is 42.3 Å². The lowest BCUT2D eigenvalue weighted by Gasteiger charge is -2.49. The van der Waals surface area contributed by atoms with Gasteiger partial charge in [0.1, 0.15) is 29.9 Å². The molecule has 2 heterocycles. The first-order chi connectivity index (χ1) is 20.1. The molecule has 212 valence electrons. The van der Waals surface area contributed by atoms with Gasteiger partial charge >= 0.3 is 0 Å². The average molecular weight is 589 g/mol. The minimum absolute atomic E-state index is 0.321. The van der Waals surface area contributed by atoms with Gasteiger partial charge in [0.05, 0.1) is 19.8 Å². The smallest absolute Gasteiger partial charge is 0.184 e. The maximum atomic E-state index is 6.71. The Bertz CT molecular complexity index is 1370. The molecule has 1 unspecified atom stereocenters. The van der Waals surface area contributed by atoms with E-state index in [-0.39, 0.29) is 11.5 Å². The first-order valence-electron chi connectivity index (χ1n) is 13.8. The zero-order valence-electron chi connectivity index (χ0n) is 22.8. The van der Waals surface area contributed by atoms with E-state index in [1.807, 2.05) is 60.7 Å². The van der Waals surface area contributed by atoms with Crippen LogP contribution < -0.4 is 0 Å². The van der Waals surface area contributed by atoms with Crippen molar-refractivity contribution in [3.05, 3.63) is 136 Å². The van der Waals surface area contributed by atoms with E-state index in [2.05, 4.69) is 55.5 Å². The predicted molar refractivity (Wildman–Crippen MR) is 161 cm³/mol. The molecule has 7 heteroatoms. The summed E-state index contributed by atoms with van der Waals surface area (Å²) in [4.78, 5) is 1.10. The summed E-state index contributed by atoms with van der Waals surface area (Å²) in [6.45, 7) is 3.32. The fourth-order valence-corrected chi connectivity index (χ4v) is 6.33. The van der Waals surface area contributed by atoms with Gasteiger partial charge in [0.15, 0.2) is 6.29 Å². The van der Waals surface area contributed by atoms with Crippen LogP contribution in [0.15, 0.2) is 114 Å². The Kier molecular flexibility index (Phi) is 9.39. The van der Waals surface area contributed by atoms with Crippen LogP contribution in [0.4, 0.5) is 0 Å². The SMILES string of the molecule is Cc1ccc(S[C@H]2O[C@@H]3COC(c4ccc(Cl)cc4)O[C@H]3[C@H](OCc3ccccc3)[C@@H]2OCc2ccccc2)cc1. The number of ether oxygens (including phenoxy) is 5. The zero-order chi connectivity index (χ0) is 28.0. The molecule has 2 fully saturated rings. The van der Waals surface area contributed by atoms with Crippen LogP contribution in [0.5, 0.6) is 0 Å². The van der Waals surface area contributed by atoms with Crippen LogP contribution in [0.2, 0.25) is 5.02 Å². The van der Waals surface area contributed by atoms with E-state index in [0.717, 1.165) is 21.6 Å². The van der Waals surface area contributed by atoms with Crippen LogP contribution in [0.1, 0.15) is 28.5 Å². The molecular formula is C34H33ClO5S. The molecular weight excluding hydrogens is 556 g/mol. The molecule has 2 saturated heterocycles. The summed E-state index contributed by atoms with van der Waals surface area (Å²) in [5, 5.41) is 0.665. The van der Waals surface area contributed by atoms with Gasteiger partial charge < -0.3 is 23.7 Å². The van der Waals surface area contributed by atoms with Gasteiger partial charge in [-0.3, -0.25) is 0 Å². The number of fused-ring (bicyclic) bond motifs is 1. The summed E-state index contributed by atoms with van der Waals surface area (Å²) < 4.78 is 32.9. The lowest BCUT2D eigenvalue weighted by atomic mass is 9.98. The van der Waals surface area contributed by atoms with Crippen molar-refractivity contribution in [1.82, 2.24) is 0 Å². The summed E-state index contributed by atoms with van der Waals surface area (Å²) in [5.41, 5.74) is 3.95. The van der Waals surface area contributed by atoms with Crippen molar-refractivity contribution in [2.45, 2.75) is 61.2 Å². The summed E-state index contributed by atoms with van der Waals surface area (Å²) in [5.74, 6) is 0. The minimum Gasteiger partial charge on any atom is -0.368 e. The van der Waals surface area contributed by atoms with E-state index >= 15 is 0 Å². The highest BCUT2D eigenvalue weighted by molar-refractivity contribution is 7.99. The third-order valence-corrected chi connectivity index (χ3v) is 8.68. The highest BCUT2D eigenvalue weighted by Gasteiger charge is 2.51. The molecule has 4 aromatic rings. The maximum Gasteiger partial charge on any atom is 0.184 e. The molecule has 2 aliphatic rings. The molecule has 0 amide bonds. The number of benzene rings is 4. The molecule has 2 aliphatic heterocycles. The van der Waals surface area contributed by atoms with Crippen molar-refractivity contribution in [2.24, 2.45) is 0 Å². The molecule has 0 aromatic heterocycles. The highest BCUT2D eigenvalue weighted by atomic mass is 35.5. The van der Waals surface area contributed by atoms with Crippen LogP contribution >= 0.6 is 23.4 Å². The second-order valence-electron chi connectivity index (χ2n) is 10.3. The molecule has 0 spiro atoms. The van der Waals surface area contributed by atoms with Crippen molar-refractivity contribution in [2.75, 3.05) is 6.61 Å². The topological polar surface area (TPSA) is 46.2 Å². The van der Waals surface area contributed by atoms with Gasteiger partial charge in [-0.15, -0.1) is 0 Å². The number of thioether (sulfide) groups is 1. The molecule has 0 radical (unpaired) electrons. The van der Waals surface area contributed by atoms with E-state index < -0.39 is 24.6 Å². The van der Waals surface area contributed by atoms with Crippen LogP contribution in [-0.4, -0.2) is 36.5 Å². The third kappa shape index (κ3) is 7.22. The Morgan fingerprint density at radius 3 is 1.98 bits per heavy atom. The first kappa shape index (κ1) is 28.4. The first-order valence-corrected chi connectivity index (χ1v) is 15.1. The molecule has 4 aromatic carbocycles. The lowest BCUT2D eigenvalue weighted by Crippen LogP contribution is -2.62. The number of halogens is 1. The summed E-state index contributed by atoms with van der Waals surface area (Å²) in [7, 11) is 0. The molecule has 6 rings (SSSR count). The Labute approximate surface area is 250 Å². The van der Waals surface area contributed by atoms with Crippen molar-refractivity contribution >= 4 is 23.4 Å². The Morgan fingerprint density at radius 2 is 1.34 bits per heavy atom. The van der Waals surface area contributed by atoms with E-state index in [0.29, 0.717) is 24.8 Å². The van der Waals surface area contributed by atoms with Crippen LogP contribution in [0.25, 0.3) is 0 Å². The van der Waals surface area contributed by atoms with E-state index in [1.165, 1.54) is 5.56 Å². The monoisotopic (exact) mass is 588 g/mol. The second kappa shape index (κ2) is 13.5. The predicted octanol–water partition coefficient (Wildman–Crippen LogP) is 7.75. The fraction of sp³-hybridized carbons (Fsp3) is 0.294. The molecule has 0 N–H and O–H groups in total. The molecule has 0 saturated carbocycles. The van der Waals surface area contributed by atoms with Crippen LogP contribution in [-0.2, 0) is 36.9 Å². The van der Waals surface area contributed by atoms with Crippen molar-refractivity contribution in [3.8, 4) is 0 Å². The summed E-state index contributed by atoms with van der Waals surface area (Å²) in [6.07, 6.45) is -2.09. The number of hydrogen-bond acceptors (Lipinski definition) is 6. The van der Waals surface area contributed by atoms with Crippen molar-refractivity contribution < 1.29 is 23.7 Å². The molecule has 41 heavy (non-hydrogen) atoms. The molecule has 0 bridgehead atoms. The normalized spacial score (nSPS) is 25.9. The van der Waals surface area contributed by atoms with E-state index in [4.69, 9.17) is 35.3 Å². The third-order valence-electron chi connectivity index (χ3n) is 7.27. The molecule has 6 atom stereocenters. The standard InChI is InChI=1S/C34H33ClO5S/c1-23-12-18-28(19-13-23)41-34-32(37-21-25-10-6-3-7-11-25)31(36-20-24-8-4-2-5-9-24)30-29(39-34)22-38-33(40-30)26-14-16-27(35)17-15-26/h2-19,29-34H,20-22H2,1H3/t29-,30-,31+,32+,33?,34-/m1/s1. The minimum atomic E-state index is -0.559. The summed E-state index contributed by atoms with van der Waals surface area (Å²) in [6, 6.07) is 36.4. The second-order valence-corrected chi connectivity index (χ2v) is 11.9. The molecule has 5 nitrogen and oxygen atoms in total. The maximum absolute atomic E-state index is 6.71. The largest absolute Gasteiger partial charge is 0.368 e. The van der Waals surface area contributed by atoms with Crippen LogP contribution in [0.3, 0.4) is 0 Å². The fourth-order valence-electron chi connectivity index (χ4n) is 5.08. The quantitative estimate of drug-likeness (QED) is 0.199. The van der Waals surface area contributed by atoms with Gasteiger partial charge in [0.25, 0.3) is 0 Å².